The van der Waals surface area contributed by atoms with E-state index in [1.54, 1.807) is 0 Å². The number of allylic oxidation sites excluding steroid dienone is 8. The van der Waals surface area contributed by atoms with Gasteiger partial charge in [0.1, 0.15) is 5.82 Å². The van der Waals surface area contributed by atoms with E-state index in [-0.39, 0.29) is 18.0 Å². The number of para-hydroxylation sites is 1. The Labute approximate surface area is 295 Å². The van der Waals surface area contributed by atoms with Crippen molar-refractivity contribution in [3.8, 4) is 0 Å². The molecule has 3 heterocycles. The van der Waals surface area contributed by atoms with Gasteiger partial charge in [-0.1, -0.05) is 152 Å². The maximum atomic E-state index is 3.95. The Morgan fingerprint density at radius 1 is 0.540 bits per heavy atom. The van der Waals surface area contributed by atoms with Crippen molar-refractivity contribution in [2.24, 2.45) is 11.8 Å². The average molecular weight is 646 g/mol. The number of nitrogens with zero attached hydrogens (tertiary/aromatic N) is 2. The van der Waals surface area contributed by atoms with Crippen LogP contribution in [0.1, 0.15) is 34.2 Å². The van der Waals surface area contributed by atoms with Crippen molar-refractivity contribution in [1.29, 1.82) is 0 Å². The van der Waals surface area contributed by atoms with Gasteiger partial charge in [-0.15, -0.1) is 0 Å². The van der Waals surface area contributed by atoms with Gasteiger partial charge >= 0.3 is 0 Å². The Morgan fingerprint density at radius 2 is 1.24 bits per heavy atom. The van der Waals surface area contributed by atoms with E-state index < -0.39 is 0 Å². The molecule has 3 heteroatoms. The fourth-order valence-electron chi connectivity index (χ4n) is 9.10. The summed E-state index contributed by atoms with van der Waals surface area (Å²) in [6.45, 7) is 0. The Morgan fingerprint density at radius 3 is 2.06 bits per heavy atom. The molecular formula is C47H39N3. The summed E-state index contributed by atoms with van der Waals surface area (Å²) >= 11 is 0. The van der Waals surface area contributed by atoms with Crippen LogP contribution in [-0.4, -0.2) is 18.1 Å². The Hall–Kier alpha value is -5.80. The van der Waals surface area contributed by atoms with Crippen LogP contribution in [0.4, 0.5) is 11.4 Å². The van der Waals surface area contributed by atoms with Crippen LogP contribution in [0.15, 0.2) is 194 Å². The Balaban J connectivity index is 1.02. The number of fused-ring (bicyclic) bond motifs is 6. The van der Waals surface area contributed by atoms with Gasteiger partial charge in [-0.05, 0) is 69.8 Å². The second kappa shape index (κ2) is 12.0. The first-order chi connectivity index (χ1) is 24.8. The maximum absolute atomic E-state index is 3.95. The van der Waals surface area contributed by atoms with Crippen LogP contribution in [-0.2, 0) is 0 Å². The number of benzene rings is 4. The van der Waals surface area contributed by atoms with Crippen molar-refractivity contribution < 1.29 is 0 Å². The van der Waals surface area contributed by atoms with E-state index in [0.717, 1.165) is 5.82 Å². The molecule has 4 aromatic carbocycles. The van der Waals surface area contributed by atoms with Gasteiger partial charge in [0.25, 0.3) is 0 Å². The van der Waals surface area contributed by atoms with Gasteiger partial charge in [-0.3, -0.25) is 0 Å². The monoisotopic (exact) mass is 645 g/mol. The van der Waals surface area contributed by atoms with Crippen LogP contribution in [0.25, 0.3) is 11.1 Å². The fraction of sp³-hybridized carbons (Fsp3) is 0.149. The van der Waals surface area contributed by atoms with Gasteiger partial charge in [0.15, 0.2) is 0 Å². The summed E-state index contributed by atoms with van der Waals surface area (Å²) in [7, 11) is 0. The molecule has 1 N–H and O–H groups in total. The standard InChI is InChI=1S/C47H39N3/c1-4-14-32(15-5-1)36-30-42(33-16-6-2-7-17-33)48-47(31-36)50-44-23-13-11-21-39(44)41-29-35(25-27-46(41)50)34-24-26-45-40(28-34)38-20-10-12-22-43(38)49(45)37-18-8-3-9-19-37/h1-31,38-40,42-45,48H. The van der Waals surface area contributed by atoms with Crippen molar-refractivity contribution in [3.05, 3.63) is 216 Å². The summed E-state index contributed by atoms with van der Waals surface area (Å²) < 4.78 is 0. The first-order valence-corrected chi connectivity index (χ1v) is 18.0. The summed E-state index contributed by atoms with van der Waals surface area (Å²) in [6, 6.07) is 40.6. The first kappa shape index (κ1) is 29.1. The number of anilines is 2. The topological polar surface area (TPSA) is 18.5 Å². The first-order valence-electron chi connectivity index (χ1n) is 18.0. The highest BCUT2D eigenvalue weighted by molar-refractivity contribution is 5.83. The van der Waals surface area contributed by atoms with Gasteiger partial charge in [-0.2, -0.15) is 0 Å². The second-order valence-corrected chi connectivity index (χ2v) is 14.1. The quantitative estimate of drug-likeness (QED) is 0.233. The number of dihydropyridines is 1. The molecule has 3 nitrogen and oxygen atoms in total. The number of hydrogen-bond donors (Lipinski definition) is 1. The number of hydrogen-bond acceptors (Lipinski definition) is 3. The van der Waals surface area contributed by atoms with Crippen LogP contribution in [0.2, 0.25) is 0 Å². The molecule has 0 spiro atoms. The third kappa shape index (κ3) is 4.80. The van der Waals surface area contributed by atoms with Crippen molar-refractivity contribution in [3.63, 3.8) is 0 Å². The average Bonchev–Trinajstić information content (AvgIpc) is 3.71. The molecule has 6 aliphatic rings. The van der Waals surface area contributed by atoms with Gasteiger partial charge in [0, 0.05) is 29.1 Å². The predicted molar refractivity (Wildman–Crippen MR) is 207 cm³/mol. The normalized spacial score (nSPS) is 28.2. The van der Waals surface area contributed by atoms with Gasteiger partial charge in [0.2, 0.25) is 0 Å². The number of nitrogens with one attached hydrogen (secondary N) is 1. The molecule has 0 bridgehead atoms. The Bertz CT molecular complexity index is 2180. The highest BCUT2D eigenvalue weighted by atomic mass is 15.3. The largest absolute Gasteiger partial charge is 0.361 e. The molecule has 0 amide bonds. The molecule has 1 fully saturated rings. The minimum absolute atomic E-state index is 0.0659. The fourth-order valence-corrected chi connectivity index (χ4v) is 9.10. The molecule has 0 radical (unpaired) electrons. The molecule has 0 saturated carbocycles. The molecule has 1 saturated heterocycles. The second-order valence-electron chi connectivity index (χ2n) is 14.1. The zero-order valence-corrected chi connectivity index (χ0v) is 27.8. The summed E-state index contributed by atoms with van der Waals surface area (Å²) in [5.74, 6) is 2.26. The zero-order chi connectivity index (χ0) is 33.0. The zero-order valence-electron chi connectivity index (χ0n) is 27.8. The highest BCUT2D eigenvalue weighted by Gasteiger charge is 2.46. The lowest BCUT2D eigenvalue weighted by atomic mass is 9.80. The SMILES string of the molecule is C1=CC2c3cc(C4=CC5C6C=CC=CC6N(c6ccccc6)C5C=C4)ccc3N(C3=CC(c4ccccc4)=CC(c4ccccc4)N3)C2C=C1. The third-order valence-electron chi connectivity index (χ3n) is 11.4. The van der Waals surface area contributed by atoms with Crippen molar-refractivity contribution in [2.75, 3.05) is 9.80 Å². The van der Waals surface area contributed by atoms with Gasteiger partial charge in [-0.25, -0.2) is 0 Å². The molecule has 7 atom stereocenters. The predicted octanol–water partition coefficient (Wildman–Crippen LogP) is 9.92. The summed E-state index contributed by atoms with van der Waals surface area (Å²) in [6.07, 6.45) is 30.5. The van der Waals surface area contributed by atoms with Crippen LogP contribution in [0, 0.1) is 11.8 Å². The molecular weight excluding hydrogens is 607 g/mol. The summed E-state index contributed by atoms with van der Waals surface area (Å²) in [5.41, 5.74) is 10.3. The summed E-state index contributed by atoms with van der Waals surface area (Å²) in [5, 5.41) is 3.95. The molecule has 4 aromatic rings. The third-order valence-corrected chi connectivity index (χ3v) is 11.4. The lowest BCUT2D eigenvalue weighted by molar-refractivity contribution is 0.528. The molecule has 50 heavy (non-hydrogen) atoms. The van der Waals surface area contributed by atoms with Crippen LogP contribution in [0.5, 0.6) is 0 Å². The van der Waals surface area contributed by atoms with E-state index in [1.165, 1.54) is 44.8 Å². The van der Waals surface area contributed by atoms with E-state index in [9.17, 15) is 0 Å². The van der Waals surface area contributed by atoms with Crippen molar-refractivity contribution in [1.82, 2.24) is 5.32 Å². The lowest BCUT2D eigenvalue weighted by Crippen LogP contribution is -2.40. The Kier molecular flexibility index (Phi) is 6.97. The molecule has 7 unspecified atom stereocenters. The lowest BCUT2D eigenvalue weighted by Gasteiger charge is -2.35. The van der Waals surface area contributed by atoms with Gasteiger partial charge in [0.05, 0.1) is 24.2 Å². The molecule has 242 valence electrons. The smallest absolute Gasteiger partial charge is 0.108 e. The highest BCUT2D eigenvalue weighted by Crippen LogP contribution is 2.49. The van der Waals surface area contributed by atoms with E-state index in [2.05, 4.69) is 203 Å². The summed E-state index contributed by atoms with van der Waals surface area (Å²) in [4.78, 5) is 5.16. The number of rotatable bonds is 5. The molecule has 3 aliphatic carbocycles. The van der Waals surface area contributed by atoms with Crippen molar-refractivity contribution >= 4 is 22.5 Å². The van der Waals surface area contributed by atoms with E-state index in [4.69, 9.17) is 0 Å². The molecule has 10 rings (SSSR count). The van der Waals surface area contributed by atoms with Crippen LogP contribution >= 0.6 is 0 Å². The molecule has 3 aliphatic heterocycles. The van der Waals surface area contributed by atoms with E-state index in [1.807, 2.05) is 0 Å². The van der Waals surface area contributed by atoms with Gasteiger partial charge < -0.3 is 15.1 Å². The van der Waals surface area contributed by atoms with E-state index >= 15 is 0 Å². The van der Waals surface area contributed by atoms with Crippen LogP contribution < -0.4 is 15.1 Å². The minimum atomic E-state index is 0.0659. The van der Waals surface area contributed by atoms with Crippen molar-refractivity contribution in [2.45, 2.75) is 30.1 Å². The molecule has 0 aromatic heterocycles. The minimum Gasteiger partial charge on any atom is -0.361 e. The maximum Gasteiger partial charge on any atom is 0.108 e. The van der Waals surface area contributed by atoms with Crippen LogP contribution in [0.3, 0.4) is 0 Å². The van der Waals surface area contributed by atoms with E-state index in [0.29, 0.717) is 23.9 Å².